The third kappa shape index (κ3) is 7.39. The highest BCUT2D eigenvalue weighted by Gasteiger charge is 2.39. The lowest BCUT2D eigenvalue weighted by Gasteiger charge is -2.30. The van der Waals surface area contributed by atoms with E-state index >= 15 is 0 Å². The fraction of sp³-hybridized carbons (Fsp3) is 0.500. The number of aromatic nitrogens is 2. The highest BCUT2D eigenvalue weighted by atomic mass is 16.4. The first-order valence-corrected chi connectivity index (χ1v) is 12.6. The predicted octanol–water partition coefficient (Wildman–Crippen LogP) is 0.614. The van der Waals surface area contributed by atoms with E-state index in [4.69, 9.17) is 5.73 Å². The summed E-state index contributed by atoms with van der Waals surface area (Å²) in [6.07, 6.45) is 5.05. The van der Waals surface area contributed by atoms with E-state index in [-0.39, 0.29) is 12.3 Å². The normalized spacial score (nSPS) is 18.5. The van der Waals surface area contributed by atoms with Gasteiger partial charge in [-0.25, -0.2) is 9.78 Å². The number of hydrogen-bond donors (Lipinski definition) is 5. The van der Waals surface area contributed by atoms with Crippen molar-refractivity contribution in [1.82, 2.24) is 25.5 Å². The largest absolute Gasteiger partial charge is 0.480 e. The van der Waals surface area contributed by atoms with E-state index in [1.54, 1.807) is 13.1 Å². The average molecular weight is 513 g/mol. The first-order valence-electron chi connectivity index (χ1n) is 12.6. The van der Waals surface area contributed by atoms with Crippen molar-refractivity contribution in [2.45, 2.75) is 70.1 Å². The molecule has 11 nitrogen and oxygen atoms in total. The van der Waals surface area contributed by atoms with Crippen LogP contribution in [0.15, 0.2) is 42.9 Å². The maximum atomic E-state index is 13.7. The van der Waals surface area contributed by atoms with Crippen molar-refractivity contribution in [3.05, 3.63) is 54.1 Å². The van der Waals surface area contributed by atoms with E-state index in [0.29, 0.717) is 37.9 Å². The number of H-pyrrole nitrogens is 1. The van der Waals surface area contributed by atoms with Gasteiger partial charge in [0.05, 0.1) is 12.4 Å². The average Bonchev–Trinajstić information content (AvgIpc) is 3.58. The van der Waals surface area contributed by atoms with E-state index in [2.05, 4.69) is 20.6 Å². The molecule has 1 fully saturated rings. The van der Waals surface area contributed by atoms with Gasteiger partial charge in [0.2, 0.25) is 17.7 Å². The van der Waals surface area contributed by atoms with Crippen LogP contribution < -0.4 is 16.4 Å². The van der Waals surface area contributed by atoms with Gasteiger partial charge >= 0.3 is 5.97 Å². The van der Waals surface area contributed by atoms with E-state index in [0.717, 1.165) is 5.56 Å². The summed E-state index contributed by atoms with van der Waals surface area (Å²) in [4.78, 5) is 59.7. The zero-order chi connectivity index (χ0) is 26.9. The van der Waals surface area contributed by atoms with E-state index in [9.17, 15) is 24.3 Å². The van der Waals surface area contributed by atoms with E-state index < -0.39 is 47.9 Å². The highest BCUT2D eigenvalue weighted by molar-refractivity contribution is 5.94. The number of aliphatic carboxylic acids is 1. The molecular formula is C26H36N6O5. The molecule has 0 aliphatic carbocycles. The molecule has 0 radical (unpaired) electrons. The van der Waals surface area contributed by atoms with Crippen molar-refractivity contribution < 1.29 is 24.3 Å². The highest BCUT2D eigenvalue weighted by Crippen LogP contribution is 2.21. The summed E-state index contributed by atoms with van der Waals surface area (Å²) in [6, 6.07) is 5.62. The number of benzene rings is 1. The first-order chi connectivity index (χ1) is 17.7. The summed E-state index contributed by atoms with van der Waals surface area (Å²) in [5, 5.41) is 14.9. The summed E-state index contributed by atoms with van der Waals surface area (Å²) in [7, 11) is 0. The third-order valence-corrected chi connectivity index (χ3v) is 6.84. The second-order valence-electron chi connectivity index (χ2n) is 9.54. The molecule has 11 heteroatoms. The second-order valence-corrected chi connectivity index (χ2v) is 9.54. The standard InChI is InChI=1S/C26H36N6O5/c1-3-16(2)22(26(36)37)31-24(34)21-10-7-11-32(21)25(35)20(13-18-14-28-15-29-18)30-23(33)19(27)12-17-8-5-4-6-9-17/h4-6,8-9,14-16,19-22H,3,7,10-13,27H2,1-2H3,(H,28,29)(H,30,33)(H,31,34)(H,36,37). The summed E-state index contributed by atoms with van der Waals surface area (Å²) in [5.41, 5.74) is 7.68. The molecule has 1 aromatic heterocycles. The van der Waals surface area contributed by atoms with Crippen LogP contribution in [0.1, 0.15) is 44.4 Å². The number of carbonyl (C=O) groups is 4. The molecule has 3 amide bonds. The molecule has 0 bridgehead atoms. The van der Waals surface area contributed by atoms with Crippen molar-refractivity contribution in [2.75, 3.05) is 6.54 Å². The van der Waals surface area contributed by atoms with Crippen molar-refractivity contribution >= 4 is 23.7 Å². The van der Waals surface area contributed by atoms with Gasteiger partial charge in [-0.1, -0.05) is 50.6 Å². The number of carboxylic acids is 1. The van der Waals surface area contributed by atoms with Gasteiger partial charge in [0.15, 0.2) is 0 Å². The van der Waals surface area contributed by atoms with Gasteiger partial charge in [-0.15, -0.1) is 0 Å². The molecule has 6 N–H and O–H groups in total. The van der Waals surface area contributed by atoms with Gasteiger partial charge in [0, 0.05) is 24.9 Å². The number of aromatic amines is 1. The number of nitrogens with two attached hydrogens (primary N) is 1. The Kier molecular flexibility index (Phi) is 9.78. The van der Waals surface area contributed by atoms with Crippen molar-refractivity contribution in [3.63, 3.8) is 0 Å². The lowest BCUT2D eigenvalue weighted by molar-refractivity contribution is -0.146. The van der Waals surface area contributed by atoms with Gasteiger partial charge in [-0.05, 0) is 30.7 Å². The van der Waals surface area contributed by atoms with Gasteiger partial charge in [0.1, 0.15) is 18.1 Å². The molecule has 5 atom stereocenters. The molecule has 200 valence electrons. The lowest BCUT2D eigenvalue weighted by atomic mass is 9.98. The van der Waals surface area contributed by atoms with E-state index in [1.165, 1.54) is 11.2 Å². The Labute approximate surface area is 216 Å². The number of nitrogens with one attached hydrogen (secondary N) is 3. The van der Waals surface area contributed by atoms with Crippen LogP contribution in [-0.2, 0) is 32.0 Å². The Morgan fingerprint density at radius 3 is 2.54 bits per heavy atom. The zero-order valence-corrected chi connectivity index (χ0v) is 21.2. The number of amides is 3. The molecule has 1 aliphatic rings. The Hall–Kier alpha value is -3.73. The predicted molar refractivity (Wildman–Crippen MR) is 136 cm³/mol. The first kappa shape index (κ1) is 27.9. The number of carboxylic acid groups (broad SMARTS) is 1. The molecule has 1 saturated heterocycles. The summed E-state index contributed by atoms with van der Waals surface area (Å²) in [6.45, 7) is 3.93. The quantitative estimate of drug-likeness (QED) is 0.277. The van der Waals surface area contributed by atoms with Crippen LogP contribution in [0.5, 0.6) is 0 Å². The SMILES string of the molecule is CCC(C)C(NC(=O)C1CCCN1C(=O)C(Cc1cnc[nH]1)NC(=O)C(N)Cc1ccccc1)C(=O)O. The Bertz CT molecular complexity index is 1060. The number of imidazole rings is 1. The maximum Gasteiger partial charge on any atom is 0.326 e. The zero-order valence-electron chi connectivity index (χ0n) is 21.2. The number of hydrogen-bond acceptors (Lipinski definition) is 6. The van der Waals surface area contributed by atoms with Crippen LogP contribution in [0.25, 0.3) is 0 Å². The molecule has 2 heterocycles. The number of carbonyl (C=O) groups excluding carboxylic acids is 3. The minimum absolute atomic E-state index is 0.137. The van der Waals surface area contributed by atoms with Crippen LogP contribution in [0, 0.1) is 5.92 Å². The summed E-state index contributed by atoms with van der Waals surface area (Å²) >= 11 is 0. The number of nitrogens with zero attached hydrogens (tertiary/aromatic N) is 2. The molecular weight excluding hydrogens is 476 g/mol. The monoisotopic (exact) mass is 512 g/mol. The van der Waals surface area contributed by atoms with Crippen LogP contribution in [0.2, 0.25) is 0 Å². The van der Waals surface area contributed by atoms with Crippen molar-refractivity contribution in [3.8, 4) is 0 Å². The minimum Gasteiger partial charge on any atom is -0.480 e. The second kappa shape index (κ2) is 13.0. The van der Waals surface area contributed by atoms with Crippen LogP contribution in [0.4, 0.5) is 0 Å². The number of likely N-dealkylation sites (tertiary alicyclic amines) is 1. The summed E-state index contributed by atoms with van der Waals surface area (Å²) in [5.74, 6) is -2.81. The Morgan fingerprint density at radius 2 is 1.92 bits per heavy atom. The van der Waals surface area contributed by atoms with Gasteiger partial charge in [-0.3, -0.25) is 14.4 Å². The van der Waals surface area contributed by atoms with Gasteiger partial charge in [0.25, 0.3) is 0 Å². The topological polar surface area (TPSA) is 171 Å². The van der Waals surface area contributed by atoms with Crippen LogP contribution in [-0.4, -0.2) is 74.4 Å². The molecule has 37 heavy (non-hydrogen) atoms. The molecule has 0 saturated carbocycles. The molecule has 0 spiro atoms. The lowest BCUT2D eigenvalue weighted by Crippen LogP contribution is -2.58. The minimum atomic E-state index is -1.12. The molecule has 3 rings (SSSR count). The molecule has 1 aliphatic heterocycles. The van der Waals surface area contributed by atoms with Crippen molar-refractivity contribution in [2.24, 2.45) is 11.7 Å². The smallest absolute Gasteiger partial charge is 0.326 e. The maximum absolute atomic E-state index is 13.7. The fourth-order valence-electron chi connectivity index (χ4n) is 4.49. The molecule has 2 aromatic rings. The van der Waals surface area contributed by atoms with Gasteiger partial charge < -0.3 is 31.4 Å². The van der Waals surface area contributed by atoms with Gasteiger partial charge in [-0.2, -0.15) is 0 Å². The number of rotatable bonds is 12. The Morgan fingerprint density at radius 1 is 1.19 bits per heavy atom. The summed E-state index contributed by atoms with van der Waals surface area (Å²) < 4.78 is 0. The fourth-order valence-corrected chi connectivity index (χ4v) is 4.49. The third-order valence-electron chi connectivity index (χ3n) is 6.84. The van der Waals surface area contributed by atoms with E-state index in [1.807, 2.05) is 37.3 Å². The molecule has 5 unspecified atom stereocenters. The van der Waals surface area contributed by atoms with Crippen LogP contribution >= 0.6 is 0 Å². The Balaban J connectivity index is 1.74. The van der Waals surface area contributed by atoms with Crippen molar-refractivity contribution in [1.29, 1.82) is 0 Å². The van der Waals surface area contributed by atoms with Crippen LogP contribution in [0.3, 0.4) is 0 Å². The molecule has 1 aromatic carbocycles.